The van der Waals surface area contributed by atoms with Crippen LogP contribution in [0.25, 0.3) is 0 Å². The Labute approximate surface area is 130 Å². The Balaban J connectivity index is 1.75. The fourth-order valence-corrected chi connectivity index (χ4v) is 4.31. The van der Waals surface area contributed by atoms with Gasteiger partial charge in [0, 0.05) is 25.7 Å². The third kappa shape index (κ3) is 5.20. The molecule has 0 radical (unpaired) electrons. The van der Waals surface area contributed by atoms with Gasteiger partial charge >= 0.3 is 0 Å². The molecule has 2 N–H and O–H groups in total. The summed E-state index contributed by atoms with van der Waals surface area (Å²) in [6, 6.07) is 0.778. The molecule has 0 bridgehead atoms. The van der Waals surface area contributed by atoms with Crippen molar-refractivity contribution in [2.45, 2.75) is 64.5 Å². The lowest BCUT2D eigenvalue weighted by atomic mass is 9.78. The second kappa shape index (κ2) is 7.40. The minimum Gasteiger partial charge on any atom is -0.314 e. The van der Waals surface area contributed by atoms with E-state index < -0.39 is 10.2 Å². The zero-order valence-electron chi connectivity index (χ0n) is 13.6. The first-order valence-electron chi connectivity index (χ1n) is 8.37. The Morgan fingerprint density at radius 2 is 1.86 bits per heavy atom. The van der Waals surface area contributed by atoms with Crippen molar-refractivity contribution in [2.75, 3.05) is 20.1 Å². The smallest absolute Gasteiger partial charge is 0.279 e. The predicted octanol–water partition coefficient (Wildman–Crippen LogP) is 1.72. The molecule has 0 aromatic rings. The Hall–Kier alpha value is -0.170. The highest BCUT2D eigenvalue weighted by molar-refractivity contribution is 7.87. The second-order valence-corrected chi connectivity index (χ2v) is 8.71. The molecule has 0 aromatic heterocycles. The van der Waals surface area contributed by atoms with Crippen molar-refractivity contribution in [3.05, 3.63) is 0 Å². The summed E-state index contributed by atoms with van der Waals surface area (Å²) < 4.78 is 29.2. The zero-order chi connectivity index (χ0) is 15.5. The maximum atomic E-state index is 12.4. The highest BCUT2D eigenvalue weighted by Crippen LogP contribution is 2.30. The van der Waals surface area contributed by atoms with Gasteiger partial charge in [0.1, 0.15) is 0 Å². The monoisotopic (exact) mass is 317 g/mol. The highest BCUT2D eigenvalue weighted by Gasteiger charge is 2.31. The van der Waals surface area contributed by atoms with Gasteiger partial charge in [0.25, 0.3) is 10.2 Å². The topological polar surface area (TPSA) is 61.4 Å². The normalized spacial score (nSPS) is 30.8. The molecule has 3 atom stereocenters. The van der Waals surface area contributed by atoms with Crippen LogP contribution >= 0.6 is 0 Å². The van der Waals surface area contributed by atoms with E-state index in [0.717, 1.165) is 25.8 Å². The number of nitrogens with one attached hydrogen (secondary N) is 2. The lowest BCUT2D eigenvalue weighted by Gasteiger charge is -2.35. The second-order valence-electron chi connectivity index (χ2n) is 6.90. The average molecular weight is 317 g/mol. The molecular weight excluding hydrogens is 286 g/mol. The first-order chi connectivity index (χ1) is 9.90. The molecule has 0 amide bonds. The summed E-state index contributed by atoms with van der Waals surface area (Å²) in [4.78, 5) is 0. The molecule has 0 heterocycles. The van der Waals surface area contributed by atoms with Gasteiger partial charge in [-0.1, -0.05) is 26.7 Å². The molecule has 0 aliphatic heterocycles. The summed E-state index contributed by atoms with van der Waals surface area (Å²) >= 11 is 0. The number of hydrogen-bond donors (Lipinski definition) is 2. The molecule has 2 fully saturated rings. The van der Waals surface area contributed by atoms with Crippen LogP contribution in [0.15, 0.2) is 0 Å². The maximum Gasteiger partial charge on any atom is 0.279 e. The summed E-state index contributed by atoms with van der Waals surface area (Å²) in [5.41, 5.74) is 0. The van der Waals surface area contributed by atoms with Gasteiger partial charge in [0.05, 0.1) is 0 Å². The first-order valence-corrected chi connectivity index (χ1v) is 9.81. The van der Waals surface area contributed by atoms with Crippen molar-refractivity contribution < 1.29 is 8.42 Å². The van der Waals surface area contributed by atoms with Crippen molar-refractivity contribution in [3.8, 4) is 0 Å². The van der Waals surface area contributed by atoms with Crippen LogP contribution < -0.4 is 10.0 Å². The van der Waals surface area contributed by atoms with Crippen LogP contribution in [0, 0.1) is 11.8 Å². The van der Waals surface area contributed by atoms with Gasteiger partial charge in [-0.15, -0.1) is 0 Å². The largest absolute Gasteiger partial charge is 0.314 e. The Morgan fingerprint density at radius 1 is 1.14 bits per heavy atom. The molecule has 0 spiro atoms. The quantitative estimate of drug-likeness (QED) is 0.670. The van der Waals surface area contributed by atoms with E-state index in [2.05, 4.69) is 23.9 Å². The lowest BCUT2D eigenvalue weighted by molar-refractivity contribution is 0.224. The van der Waals surface area contributed by atoms with E-state index in [1.165, 1.54) is 23.6 Å². The molecular formula is C15H31N3O2S. The molecule has 2 aliphatic carbocycles. The van der Waals surface area contributed by atoms with Crippen LogP contribution in [-0.4, -0.2) is 44.9 Å². The molecule has 21 heavy (non-hydrogen) atoms. The van der Waals surface area contributed by atoms with E-state index in [-0.39, 0.29) is 6.04 Å². The van der Waals surface area contributed by atoms with E-state index >= 15 is 0 Å². The summed E-state index contributed by atoms with van der Waals surface area (Å²) in [6.45, 7) is 5.86. The first kappa shape index (κ1) is 17.2. The van der Waals surface area contributed by atoms with E-state index in [0.29, 0.717) is 24.4 Å². The molecule has 0 aromatic carbocycles. The van der Waals surface area contributed by atoms with Gasteiger partial charge in [0.2, 0.25) is 0 Å². The molecule has 2 rings (SSSR count). The van der Waals surface area contributed by atoms with E-state index in [4.69, 9.17) is 0 Å². The van der Waals surface area contributed by atoms with Crippen LogP contribution in [0.1, 0.15) is 52.4 Å². The maximum absolute atomic E-state index is 12.4. The molecule has 124 valence electrons. The van der Waals surface area contributed by atoms with Crippen LogP contribution in [-0.2, 0) is 10.2 Å². The molecule has 0 saturated heterocycles. The Kier molecular flexibility index (Phi) is 6.05. The third-order valence-electron chi connectivity index (χ3n) is 5.08. The van der Waals surface area contributed by atoms with Gasteiger partial charge in [-0.3, -0.25) is 0 Å². The molecule has 2 saturated carbocycles. The van der Waals surface area contributed by atoms with Gasteiger partial charge < -0.3 is 5.32 Å². The zero-order valence-corrected chi connectivity index (χ0v) is 14.5. The van der Waals surface area contributed by atoms with Crippen LogP contribution in [0.3, 0.4) is 0 Å². The van der Waals surface area contributed by atoms with Crippen LogP contribution in [0.2, 0.25) is 0 Å². The van der Waals surface area contributed by atoms with E-state index in [9.17, 15) is 8.42 Å². The Morgan fingerprint density at radius 3 is 2.52 bits per heavy atom. The summed E-state index contributed by atoms with van der Waals surface area (Å²) in [5, 5.41) is 3.42. The molecule has 5 nitrogen and oxygen atoms in total. The van der Waals surface area contributed by atoms with Gasteiger partial charge in [-0.25, -0.2) is 0 Å². The Bertz CT molecular complexity index is 423. The molecule has 6 heteroatoms. The minimum atomic E-state index is -3.35. The van der Waals surface area contributed by atoms with Gasteiger partial charge in [-0.2, -0.15) is 17.4 Å². The molecule has 3 unspecified atom stereocenters. The standard InChI is InChI=1S/C15H31N3O2S/c1-12-6-4-7-15(13(12)2)17-21(19,20)18(3)11-5-10-16-14-8-9-14/h12-17H,4-11H2,1-3H3. The predicted molar refractivity (Wildman–Crippen MR) is 86.3 cm³/mol. The molecule has 2 aliphatic rings. The summed E-state index contributed by atoms with van der Waals surface area (Å²) in [6.07, 6.45) is 6.70. The fraction of sp³-hybridized carbons (Fsp3) is 1.00. The number of rotatable bonds is 8. The summed E-state index contributed by atoms with van der Waals surface area (Å²) in [7, 11) is -1.67. The van der Waals surface area contributed by atoms with Crippen molar-refractivity contribution in [3.63, 3.8) is 0 Å². The fourth-order valence-electron chi connectivity index (χ4n) is 3.05. The van der Waals surface area contributed by atoms with Crippen LogP contribution in [0.4, 0.5) is 0 Å². The van der Waals surface area contributed by atoms with E-state index in [1.54, 1.807) is 7.05 Å². The van der Waals surface area contributed by atoms with Gasteiger partial charge in [0.15, 0.2) is 0 Å². The van der Waals surface area contributed by atoms with Crippen molar-refractivity contribution in [1.29, 1.82) is 0 Å². The lowest BCUT2D eigenvalue weighted by Crippen LogP contribution is -2.49. The van der Waals surface area contributed by atoms with Crippen molar-refractivity contribution in [2.24, 2.45) is 11.8 Å². The van der Waals surface area contributed by atoms with E-state index in [1.807, 2.05) is 0 Å². The van der Waals surface area contributed by atoms with Crippen molar-refractivity contribution in [1.82, 2.24) is 14.3 Å². The number of hydrogen-bond acceptors (Lipinski definition) is 3. The average Bonchev–Trinajstić information content (AvgIpc) is 3.23. The summed E-state index contributed by atoms with van der Waals surface area (Å²) in [5.74, 6) is 1.01. The highest BCUT2D eigenvalue weighted by atomic mass is 32.2. The van der Waals surface area contributed by atoms with Crippen molar-refractivity contribution >= 4 is 10.2 Å². The third-order valence-corrected chi connectivity index (χ3v) is 6.68. The SMILES string of the molecule is CC1CCCC(NS(=O)(=O)N(C)CCCNC2CC2)C1C. The van der Waals surface area contributed by atoms with Crippen LogP contribution in [0.5, 0.6) is 0 Å². The minimum absolute atomic E-state index is 0.0887. The van der Waals surface area contributed by atoms with Gasteiger partial charge in [-0.05, 0) is 44.1 Å². The number of nitrogens with zero attached hydrogens (tertiary/aromatic N) is 1.